The van der Waals surface area contributed by atoms with Crippen LogP contribution in [0.25, 0.3) is 0 Å². The summed E-state index contributed by atoms with van der Waals surface area (Å²) < 4.78 is 25.5. The van der Waals surface area contributed by atoms with Gasteiger partial charge in [0.05, 0.1) is 10.5 Å². The number of anilines is 1. The maximum absolute atomic E-state index is 12.9. The summed E-state index contributed by atoms with van der Waals surface area (Å²) in [5, 5.41) is 10.8. The van der Waals surface area contributed by atoms with Gasteiger partial charge in [-0.05, 0) is 28.1 Å². The second-order valence-electron chi connectivity index (χ2n) is 2.27. The van der Waals surface area contributed by atoms with E-state index in [4.69, 9.17) is 5.26 Å². The topological polar surface area (TPSA) is 35.8 Å². The van der Waals surface area contributed by atoms with Crippen LogP contribution >= 0.6 is 15.9 Å². The van der Waals surface area contributed by atoms with E-state index in [9.17, 15) is 8.78 Å². The Hall–Kier alpha value is -1.15. The molecule has 0 amide bonds. The molecule has 5 heteroatoms. The number of nitrogens with one attached hydrogen (secondary N) is 1. The molecule has 68 valence electrons. The standard InChI is InChI=1S/C8H5BrF2N2/c9-8-6(10)3-5(4-7(8)11)13-2-1-12/h3-4,13H,2H2. The van der Waals surface area contributed by atoms with Gasteiger partial charge in [-0.3, -0.25) is 0 Å². The zero-order chi connectivity index (χ0) is 9.84. The third kappa shape index (κ3) is 2.39. The molecule has 1 N–H and O–H groups in total. The van der Waals surface area contributed by atoms with Crippen molar-refractivity contribution in [2.45, 2.75) is 0 Å². The Bertz CT molecular complexity index is 337. The lowest BCUT2D eigenvalue weighted by Crippen LogP contribution is -1.99. The Morgan fingerprint density at radius 2 is 1.92 bits per heavy atom. The van der Waals surface area contributed by atoms with Gasteiger partial charge in [0, 0.05) is 5.69 Å². The average Bonchev–Trinajstić information content (AvgIpc) is 2.10. The van der Waals surface area contributed by atoms with Gasteiger partial charge in [-0.1, -0.05) is 0 Å². The fourth-order valence-electron chi connectivity index (χ4n) is 0.799. The first-order valence-electron chi connectivity index (χ1n) is 3.40. The van der Waals surface area contributed by atoms with Gasteiger partial charge in [-0.2, -0.15) is 5.26 Å². The van der Waals surface area contributed by atoms with Crippen LogP contribution in [0.15, 0.2) is 16.6 Å². The largest absolute Gasteiger partial charge is 0.372 e. The number of benzene rings is 1. The van der Waals surface area contributed by atoms with Crippen molar-refractivity contribution in [2.75, 3.05) is 11.9 Å². The summed E-state index contributed by atoms with van der Waals surface area (Å²) in [6.45, 7) is 0.0144. The van der Waals surface area contributed by atoms with E-state index in [2.05, 4.69) is 21.2 Å². The molecule has 1 rings (SSSR count). The van der Waals surface area contributed by atoms with Crippen molar-refractivity contribution >= 4 is 21.6 Å². The quantitative estimate of drug-likeness (QED) is 0.644. The fraction of sp³-hybridized carbons (Fsp3) is 0.125. The molecule has 0 saturated carbocycles. The molecule has 0 atom stereocenters. The molecule has 0 aliphatic rings. The number of hydrogen-bond donors (Lipinski definition) is 1. The van der Waals surface area contributed by atoms with Crippen molar-refractivity contribution in [3.8, 4) is 6.07 Å². The van der Waals surface area contributed by atoms with Crippen LogP contribution in [0.3, 0.4) is 0 Å². The van der Waals surface area contributed by atoms with Gasteiger partial charge >= 0.3 is 0 Å². The van der Waals surface area contributed by atoms with E-state index in [1.165, 1.54) is 0 Å². The molecule has 0 radical (unpaired) electrons. The zero-order valence-corrected chi connectivity index (χ0v) is 8.03. The highest BCUT2D eigenvalue weighted by Gasteiger charge is 2.07. The van der Waals surface area contributed by atoms with Crippen LogP contribution in [0, 0.1) is 23.0 Å². The smallest absolute Gasteiger partial charge is 0.142 e. The van der Waals surface area contributed by atoms with Crippen LogP contribution in [0.2, 0.25) is 0 Å². The van der Waals surface area contributed by atoms with E-state index < -0.39 is 11.6 Å². The lowest BCUT2D eigenvalue weighted by molar-refractivity contribution is 0.572. The van der Waals surface area contributed by atoms with Crippen molar-refractivity contribution in [2.24, 2.45) is 0 Å². The number of nitriles is 1. The highest BCUT2D eigenvalue weighted by Crippen LogP contribution is 2.23. The van der Waals surface area contributed by atoms with Crippen molar-refractivity contribution in [3.63, 3.8) is 0 Å². The molecule has 0 saturated heterocycles. The summed E-state index contributed by atoms with van der Waals surface area (Å²) >= 11 is 2.74. The summed E-state index contributed by atoms with van der Waals surface area (Å²) in [7, 11) is 0. The van der Waals surface area contributed by atoms with Crippen molar-refractivity contribution in [1.29, 1.82) is 5.26 Å². The molecular formula is C8H5BrF2N2. The minimum atomic E-state index is -0.694. The fourth-order valence-corrected chi connectivity index (χ4v) is 1.03. The third-order valence-corrected chi connectivity index (χ3v) is 2.11. The molecule has 0 aliphatic heterocycles. The van der Waals surface area contributed by atoms with Crippen molar-refractivity contribution in [1.82, 2.24) is 0 Å². The number of halogens is 3. The van der Waals surface area contributed by atoms with Gasteiger partial charge in [0.25, 0.3) is 0 Å². The van der Waals surface area contributed by atoms with Crippen LogP contribution in [-0.4, -0.2) is 6.54 Å². The molecule has 13 heavy (non-hydrogen) atoms. The van der Waals surface area contributed by atoms with Gasteiger partial charge in [0.2, 0.25) is 0 Å². The molecule has 2 nitrogen and oxygen atoms in total. The first-order chi connectivity index (χ1) is 6.15. The van der Waals surface area contributed by atoms with Crippen LogP contribution < -0.4 is 5.32 Å². The van der Waals surface area contributed by atoms with Gasteiger partial charge < -0.3 is 5.32 Å². The van der Waals surface area contributed by atoms with Crippen LogP contribution in [0.1, 0.15) is 0 Å². The molecule has 0 bridgehead atoms. The van der Waals surface area contributed by atoms with E-state index in [1.807, 2.05) is 0 Å². The predicted octanol–water partition coefficient (Wildman–Crippen LogP) is 2.66. The normalized spacial score (nSPS) is 9.38. The molecule has 0 aromatic heterocycles. The van der Waals surface area contributed by atoms with Crippen LogP contribution in [0.4, 0.5) is 14.5 Å². The van der Waals surface area contributed by atoms with Gasteiger partial charge in [-0.25, -0.2) is 8.78 Å². The van der Waals surface area contributed by atoms with Crippen molar-refractivity contribution in [3.05, 3.63) is 28.2 Å². The Balaban J connectivity index is 2.94. The number of nitrogens with zero attached hydrogens (tertiary/aromatic N) is 1. The highest BCUT2D eigenvalue weighted by atomic mass is 79.9. The first-order valence-corrected chi connectivity index (χ1v) is 4.20. The molecular weight excluding hydrogens is 242 g/mol. The first kappa shape index (κ1) is 9.93. The van der Waals surface area contributed by atoms with Gasteiger partial charge in [-0.15, -0.1) is 0 Å². The molecule has 0 fully saturated rings. The summed E-state index contributed by atoms with van der Waals surface area (Å²) in [6, 6.07) is 4.03. The molecule has 0 spiro atoms. The molecule has 1 aromatic carbocycles. The lowest BCUT2D eigenvalue weighted by Gasteiger charge is -2.03. The average molecular weight is 247 g/mol. The Morgan fingerprint density at radius 1 is 1.38 bits per heavy atom. The van der Waals surface area contributed by atoms with Crippen molar-refractivity contribution < 1.29 is 8.78 Å². The lowest BCUT2D eigenvalue weighted by atomic mass is 10.3. The molecule has 0 unspecified atom stereocenters. The molecule has 1 aromatic rings. The van der Waals surface area contributed by atoms with E-state index >= 15 is 0 Å². The summed E-state index contributed by atoms with van der Waals surface area (Å²) in [5.41, 5.74) is 0.250. The SMILES string of the molecule is N#CCNc1cc(F)c(Br)c(F)c1. The highest BCUT2D eigenvalue weighted by molar-refractivity contribution is 9.10. The van der Waals surface area contributed by atoms with Gasteiger partial charge in [0.1, 0.15) is 18.2 Å². The Labute approximate surface area is 82.3 Å². The van der Waals surface area contributed by atoms with Crippen LogP contribution in [-0.2, 0) is 0 Å². The maximum Gasteiger partial charge on any atom is 0.142 e. The third-order valence-electron chi connectivity index (χ3n) is 1.36. The molecule has 0 aliphatic carbocycles. The number of hydrogen-bond acceptors (Lipinski definition) is 2. The summed E-state index contributed by atoms with van der Waals surface area (Å²) in [5.74, 6) is -1.39. The van der Waals surface area contributed by atoms with E-state index in [1.54, 1.807) is 6.07 Å². The van der Waals surface area contributed by atoms with E-state index in [0.717, 1.165) is 12.1 Å². The minimum absolute atomic E-state index is 0.0144. The summed E-state index contributed by atoms with van der Waals surface area (Å²) in [4.78, 5) is 0. The van der Waals surface area contributed by atoms with E-state index in [0.29, 0.717) is 0 Å². The Morgan fingerprint density at radius 3 is 2.38 bits per heavy atom. The second-order valence-corrected chi connectivity index (χ2v) is 3.06. The zero-order valence-electron chi connectivity index (χ0n) is 6.44. The van der Waals surface area contributed by atoms with Crippen LogP contribution in [0.5, 0.6) is 0 Å². The Kier molecular flexibility index (Phi) is 3.20. The second kappa shape index (κ2) is 4.19. The maximum atomic E-state index is 12.9. The molecule has 0 heterocycles. The van der Waals surface area contributed by atoms with E-state index in [-0.39, 0.29) is 16.7 Å². The predicted molar refractivity (Wildman–Crippen MR) is 48.2 cm³/mol. The van der Waals surface area contributed by atoms with Gasteiger partial charge in [0.15, 0.2) is 0 Å². The summed E-state index contributed by atoms with van der Waals surface area (Å²) in [6.07, 6.45) is 0. The monoisotopic (exact) mass is 246 g/mol. The minimum Gasteiger partial charge on any atom is -0.372 e. The number of rotatable bonds is 2.